The molecule has 1 aromatic carbocycles. The maximum Gasteiger partial charge on any atom is 0.147 e. The van der Waals surface area contributed by atoms with Gasteiger partial charge in [0.2, 0.25) is 0 Å². The van der Waals surface area contributed by atoms with Gasteiger partial charge in [0.05, 0.1) is 5.03 Å². The molecular formula is C14H17ClO. The topological polar surface area (TPSA) is 17.1 Å². The van der Waals surface area contributed by atoms with E-state index in [2.05, 4.69) is 32.9 Å². The quantitative estimate of drug-likeness (QED) is 0.557. The van der Waals surface area contributed by atoms with E-state index in [1.165, 1.54) is 5.56 Å². The summed E-state index contributed by atoms with van der Waals surface area (Å²) < 4.78 is 0. The Labute approximate surface area is 102 Å². The molecule has 0 aromatic heterocycles. The summed E-state index contributed by atoms with van der Waals surface area (Å²) in [6, 6.07) is 8.01. The van der Waals surface area contributed by atoms with Crippen molar-refractivity contribution in [3.8, 4) is 0 Å². The zero-order chi connectivity index (χ0) is 12.3. The Hall–Kier alpha value is -1.08. The second kappa shape index (κ2) is 4.84. The molecule has 0 heterocycles. The summed E-state index contributed by atoms with van der Waals surface area (Å²) in [5, 5.41) is 0.524. The van der Waals surface area contributed by atoms with Gasteiger partial charge in [0.15, 0.2) is 0 Å². The van der Waals surface area contributed by atoms with Gasteiger partial charge in [-0.2, -0.15) is 0 Å². The van der Waals surface area contributed by atoms with Gasteiger partial charge < -0.3 is 0 Å². The predicted molar refractivity (Wildman–Crippen MR) is 69.7 cm³/mol. The van der Waals surface area contributed by atoms with Crippen molar-refractivity contribution in [3.63, 3.8) is 0 Å². The molecule has 1 nitrogen and oxygen atoms in total. The molecule has 0 amide bonds. The first kappa shape index (κ1) is 13.0. The second-order valence-corrected chi connectivity index (χ2v) is 5.32. The van der Waals surface area contributed by atoms with Crippen LogP contribution in [-0.2, 0) is 10.2 Å². The van der Waals surface area contributed by atoms with Crippen molar-refractivity contribution < 1.29 is 4.79 Å². The zero-order valence-electron chi connectivity index (χ0n) is 10.2. The van der Waals surface area contributed by atoms with E-state index in [1.54, 1.807) is 6.92 Å². The fourth-order valence-corrected chi connectivity index (χ4v) is 1.57. The van der Waals surface area contributed by atoms with Crippen molar-refractivity contribution in [3.05, 3.63) is 41.0 Å². The highest BCUT2D eigenvalue weighted by Crippen LogP contribution is 2.26. The van der Waals surface area contributed by atoms with Crippen LogP contribution in [0, 0.1) is 0 Å². The lowest BCUT2D eigenvalue weighted by Crippen LogP contribution is -2.10. The molecule has 0 aliphatic heterocycles. The van der Waals surface area contributed by atoms with Crippen LogP contribution >= 0.6 is 11.6 Å². The second-order valence-electron chi connectivity index (χ2n) is 4.94. The van der Waals surface area contributed by atoms with Gasteiger partial charge in [-0.25, -0.2) is 0 Å². The standard InChI is InChI=1S/C14H17ClO/c1-10(9-16)13(15)11-5-7-12(8-6-11)14(2,3)4/h5-9H,1-4H3/b13-10-. The average molecular weight is 237 g/mol. The Morgan fingerprint density at radius 3 is 2.06 bits per heavy atom. The van der Waals surface area contributed by atoms with Crippen LogP contribution in [0.25, 0.3) is 5.03 Å². The minimum absolute atomic E-state index is 0.133. The lowest BCUT2D eigenvalue weighted by molar-refractivity contribution is -0.104. The smallest absolute Gasteiger partial charge is 0.147 e. The first-order valence-corrected chi connectivity index (χ1v) is 5.66. The van der Waals surface area contributed by atoms with Crippen LogP contribution < -0.4 is 0 Å². The first-order valence-electron chi connectivity index (χ1n) is 5.28. The van der Waals surface area contributed by atoms with Crippen LogP contribution in [0.1, 0.15) is 38.8 Å². The molecule has 0 saturated carbocycles. The molecule has 0 atom stereocenters. The molecule has 0 N–H and O–H groups in total. The number of hydrogen-bond donors (Lipinski definition) is 0. The largest absolute Gasteiger partial charge is 0.298 e. The minimum atomic E-state index is 0.133. The number of carbonyl (C=O) groups excluding carboxylic acids is 1. The Morgan fingerprint density at radius 2 is 1.69 bits per heavy atom. The fourth-order valence-electron chi connectivity index (χ4n) is 1.40. The molecule has 0 saturated heterocycles. The third kappa shape index (κ3) is 2.96. The lowest BCUT2D eigenvalue weighted by atomic mass is 9.86. The monoisotopic (exact) mass is 236 g/mol. The lowest BCUT2D eigenvalue weighted by Gasteiger charge is -2.19. The summed E-state index contributed by atoms with van der Waals surface area (Å²) in [5.74, 6) is 0. The number of halogens is 1. The van der Waals surface area contributed by atoms with Crippen molar-refractivity contribution in [2.24, 2.45) is 0 Å². The molecule has 1 aromatic rings. The third-order valence-electron chi connectivity index (χ3n) is 2.53. The fraction of sp³-hybridized carbons (Fsp3) is 0.357. The van der Waals surface area contributed by atoms with Crippen LogP contribution in [0.2, 0.25) is 0 Å². The van der Waals surface area contributed by atoms with Crippen molar-refractivity contribution in [1.29, 1.82) is 0 Å². The van der Waals surface area contributed by atoms with Gasteiger partial charge in [-0.05, 0) is 23.5 Å². The maximum absolute atomic E-state index is 10.6. The summed E-state index contributed by atoms with van der Waals surface area (Å²) >= 11 is 6.07. The maximum atomic E-state index is 10.6. The van der Waals surface area contributed by atoms with E-state index in [1.807, 2.05) is 12.1 Å². The number of hydrogen-bond acceptors (Lipinski definition) is 1. The highest BCUT2D eigenvalue weighted by atomic mass is 35.5. The molecule has 16 heavy (non-hydrogen) atoms. The molecule has 0 aliphatic rings. The number of benzene rings is 1. The van der Waals surface area contributed by atoms with Gasteiger partial charge in [-0.15, -0.1) is 0 Å². The van der Waals surface area contributed by atoms with Crippen LogP contribution in [0.5, 0.6) is 0 Å². The summed E-state index contributed by atoms with van der Waals surface area (Å²) in [5.41, 5.74) is 2.84. The Bertz CT molecular complexity index is 407. The van der Waals surface area contributed by atoms with Crippen LogP contribution in [-0.4, -0.2) is 6.29 Å². The van der Waals surface area contributed by atoms with E-state index in [-0.39, 0.29) is 5.41 Å². The third-order valence-corrected chi connectivity index (χ3v) is 3.04. The van der Waals surface area contributed by atoms with E-state index in [0.717, 1.165) is 11.8 Å². The molecule has 0 spiro atoms. The Kier molecular flexibility index (Phi) is 3.93. The summed E-state index contributed by atoms with van der Waals surface area (Å²) in [6.45, 7) is 8.20. The van der Waals surface area contributed by atoms with Gasteiger partial charge in [0.1, 0.15) is 6.29 Å². The van der Waals surface area contributed by atoms with Crippen LogP contribution in [0.15, 0.2) is 29.8 Å². The van der Waals surface area contributed by atoms with Crippen molar-refractivity contribution in [2.75, 3.05) is 0 Å². The predicted octanol–water partition coefficient (Wildman–Crippen LogP) is 4.15. The number of rotatable bonds is 2. The van der Waals surface area contributed by atoms with E-state index in [9.17, 15) is 4.79 Å². The van der Waals surface area contributed by atoms with E-state index >= 15 is 0 Å². The minimum Gasteiger partial charge on any atom is -0.298 e. The SMILES string of the molecule is C/C(C=O)=C(/Cl)c1ccc(C(C)(C)C)cc1. The van der Waals surface area contributed by atoms with Gasteiger partial charge in [-0.1, -0.05) is 56.6 Å². The van der Waals surface area contributed by atoms with Gasteiger partial charge in [0.25, 0.3) is 0 Å². The van der Waals surface area contributed by atoms with Crippen molar-refractivity contribution >= 4 is 22.9 Å². The van der Waals surface area contributed by atoms with E-state index in [0.29, 0.717) is 10.6 Å². The highest BCUT2D eigenvalue weighted by Gasteiger charge is 2.13. The first-order chi connectivity index (χ1) is 7.36. The van der Waals surface area contributed by atoms with Crippen LogP contribution in [0.4, 0.5) is 0 Å². The van der Waals surface area contributed by atoms with E-state index in [4.69, 9.17) is 11.6 Å². The zero-order valence-corrected chi connectivity index (χ0v) is 10.9. The molecule has 0 unspecified atom stereocenters. The highest BCUT2D eigenvalue weighted by molar-refractivity contribution is 6.50. The molecule has 0 bridgehead atoms. The number of carbonyl (C=O) groups is 1. The van der Waals surface area contributed by atoms with E-state index < -0.39 is 0 Å². The van der Waals surface area contributed by atoms with Crippen molar-refractivity contribution in [1.82, 2.24) is 0 Å². The number of allylic oxidation sites excluding steroid dienone is 1. The summed E-state index contributed by atoms with van der Waals surface area (Å²) in [6.07, 6.45) is 0.778. The molecule has 86 valence electrons. The summed E-state index contributed by atoms with van der Waals surface area (Å²) in [4.78, 5) is 10.6. The Morgan fingerprint density at radius 1 is 1.19 bits per heavy atom. The Balaban J connectivity index is 3.10. The molecule has 2 heteroatoms. The van der Waals surface area contributed by atoms with Gasteiger partial charge in [-0.3, -0.25) is 4.79 Å². The summed E-state index contributed by atoms with van der Waals surface area (Å²) in [7, 11) is 0. The molecule has 1 rings (SSSR count). The number of aldehydes is 1. The normalized spacial score (nSPS) is 13.3. The molecule has 0 fully saturated rings. The van der Waals surface area contributed by atoms with Crippen LogP contribution in [0.3, 0.4) is 0 Å². The molecule has 0 aliphatic carbocycles. The molecule has 0 radical (unpaired) electrons. The molecular weight excluding hydrogens is 220 g/mol. The van der Waals surface area contributed by atoms with Crippen molar-refractivity contribution in [2.45, 2.75) is 33.1 Å². The van der Waals surface area contributed by atoms with Gasteiger partial charge in [0, 0.05) is 5.57 Å². The average Bonchev–Trinajstić information content (AvgIpc) is 2.26. The van der Waals surface area contributed by atoms with Gasteiger partial charge >= 0.3 is 0 Å².